The van der Waals surface area contributed by atoms with Crippen LogP contribution in [0, 0.1) is 0 Å². The lowest BCUT2D eigenvalue weighted by Crippen LogP contribution is -2.41. The summed E-state index contributed by atoms with van der Waals surface area (Å²) in [5.41, 5.74) is 9.44. The summed E-state index contributed by atoms with van der Waals surface area (Å²) in [7, 11) is 1.65. The van der Waals surface area contributed by atoms with E-state index in [1.807, 2.05) is 47.4 Å². The molecule has 1 aromatic heterocycles. The second-order valence-corrected chi connectivity index (χ2v) is 6.69. The van der Waals surface area contributed by atoms with Crippen molar-refractivity contribution in [1.29, 1.82) is 0 Å². The second-order valence-electron chi connectivity index (χ2n) is 6.69. The average Bonchev–Trinajstić information content (AvgIpc) is 3.22. The molecule has 5 heteroatoms. The molecule has 5 rings (SSSR count). The van der Waals surface area contributed by atoms with Gasteiger partial charge in [0, 0.05) is 11.3 Å². The zero-order valence-electron chi connectivity index (χ0n) is 15.4. The number of amidine groups is 1. The highest BCUT2D eigenvalue weighted by molar-refractivity contribution is 6.13. The summed E-state index contributed by atoms with van der Waals surface area (Å²) in [6.45, 7) is 0. The van der Waals surface area contributed by atoms with E-state index in [0.717, 1.165) is 33.8 Å². The van der Waals surface area contributed by atoms with Crippen LogP contribution < -0.4 is 15.4 Å². The lowest BCUT2D eigenvalue weighted by molar-refractivity contribution is 0.415. The van der Waals surface area contributed by atoms with Gasteiger partial charge in [-0.3, -0.25) is 0 Å². The van der Waals surface area contributed by atoms with Crippen molar-refractivity contribution in [2.75, 3.05) is 12.0 Å². The number of nitrogens with zero attached hydrogens (tertiary/aromatic N) is 2. The van der Waals surface area contributed by atoms with Gasteiger partial charge in [-0.1, -0.05) is 30.3 Å². The first-order valence-electron chi connectivity index (χ1n) is 9.09. The molecule has 0 saturated heterocycles. The molecule has 5 nitrogen and oxygen atoms in total. The maximum absolute atomic E-state index is 6.66. The van der Waals surface area contributed by atoms with E-state index >= 15 is 0 Å². The maximum Gasteiger partial charge on any atom is 0.227 e. The van der Waals surface area contributed by atoms with Gasteiger partial charge in [0.25, 0.3) is 0 Å². The van der Waals surface area contributed by atoms with Gasteiger partial charge >= 0.3 is 0 Å². The Hall–Kier alpha value is -3.57. The first-order chi connectivity index (χ1) is 13.7. The summed E-state index contributed by atoms with van der Waals surface area (Å²) in [4.78, 5) is 6.82. The molecule has 28 heavy (non-hydrogen) atoms. The van der Waals surface area contributed by atoms with E-state index in [4.69, 9.17) is 19.9 Å². The van der Waals surface area contributed by atoms with Gasteiger partial charge < -0.3 is 19.8 Å². The van der Waals surface area contributed by atoms with Crippen molar-refractivity contribution in [2.24, 2.45) is 10.7 Å². The van der Waals surface area contributed by atoms with E-state index in [1.54, 1.807) is 13.4 Å². The van der Waals surface area contributed by atoms with Crippen LogP contribution in [-0.2, 0) is 0 Å². The normalized spacial score (nSPS) is 16.0. The van der Waals surface area contributed by atoms with Gasteiger partial charge in [-0.2, -0.15) is 4.99 Å². The minimum Gasteiger partial charge on any atom is -0.497 e. The van der Waals surface area contributed by atoms with Crippen LogP contribution in [0.25, 0.3) is 10.8 Å². The number of hydrogen-bond acceptors (Lipinski definition) is 5. The van der Waals surface area contributed by atoms with Crippen LogP contribution >= 0.6 is 0 Å². The summed E-state index contributed by atoms with van der Waals surface area (Å²) < 4.78 is 10.8. The Morgan fingerprint density at radius 1 is 0.964 bits per heavy atom. The Labute approximate surface area is 162 Å². The largest absolute Gasteiger partial charge is 0.497 e. The van der Waals surface area contributed by atoms with E-state index in [9.17, 15) is 0 Å². The molecule has 2 heterocycles. The fourth-order valence-electron chi connectivity index (χ4n) is 3.60. The van der Waals surface area contributed by atoms with Crippen LogP contribution in [0.5, 0.6) is 5.75 Å². The fourth-order valence-corrected chi connectivity index (χ4v) is 3.60. The van der Waals surface area contributed by atoms with Gasteiger partial charge in [0.15, 0.2) is 0 Å². The summed E-state index contributed by atoms with van der Waals surface area (Å²) >= 11 is 0. The van der Waals surface area contributed by atoms with Crippen LogP contribution in [0.1, 0.15) is 17.3 Å². The van der Waals surface area contributed by atoms with E-state index < -0.39 is 6.17 Å². The van der Waals surface area contributed by atoms with Crippen molar-refractivity contribution in [3.8, 4) is 5.75 Å². The second kappa shape index (κ2) is 6.55. The third-order valence-electron chi connectivity index (χ3n) is 5.07. The summed E-state index contributed by atoms with van der Waals surface area (Å²) in [5, 5.41) is 2.34. The Balaban J connectivity index is 1.67. The number of aliphatic imine (C=N–C) groups is 1. The first kappa shape index (κ1) is 16.6. The molecule has 4 aromatic rings. The number of anilines is 1. The summed E-state index contributed by atoms with van der Waals surface area (Å²) in [5.74, 6) is 2.09. The van der Waals surface area contributed by atoms with Gasteiger partial charge in [-0.25, -0.2) is 0 Å². The van der Waals surface area contributed by atoms with Gasteiger partial charge in [-0.15, -0.1) is 0 Å². The third kappa shape index (κ3) is 2.64. The van der Waals surface area contributed by atoms with Crippen LogP contribution in [0.15, 0.2) is 88.5 Å². The van der Waals surface area contributed by atoms with Crippen molar-refractivity contribution in [1.82, 2.24) is 0 Å². The molecular formula is C23H19N3O2. The van der Waals surface area contributed by atoms with Crippen LogP contribution in [0.4, 0.5) is 11.6 Å². The predicted molar refractivity (Wildman–Crippen MR) is 111 cm³/mol. The minimum absolute atomic E-state index is 0.399. The highest BCUT2D eigenvalue weighted by Crippen LogP contribution is 2.38. The quantitative estimate of drug-likeness (QED) is 0.552. The van der Waals surface area contributed by atoms with Crippen molar-refractivity contribution in [2.45, 2.75) is 6.17 Å². The number of methoxy groups -OCH3 is 1. The molecule has 0 spiro atoms. The summed E-state index contributed by atoms with van der Waals surface area (Å²) in [6, 6.07) is 24.3. The molecule has 1 aliphatic rings. The minimum atomic E-state index is -0.399. The molecule has 3 aromatic carbocycles. The Morgan fingerprint density at radius 3 is 2.54 bits per heavy atom. The first-order valence-corrected chi connectivity index (χ1v) is 9.09. The fraction of sp³-hybridized carbons (Fsp3) is 0.0870. The molecule has 2 N–H and O–H groups in total. The summed E-state index contributed by atoms with van der Waals surface area (Å²) in [6.07, 6.45) is 1.23. The molecule has 1 unspecified atom stereocenters. The average molecular weight is 369 g/mol. The topological polar surface area (TPSA) is 64.0 Å². The van der Waals surface area contributed by atoms with Crippen molar-refractivity contribution in [3.05, 3.63) is 90.2 Å². The number of benzene rings is 3. The molecule has 0 bridgehead atoms. The number of hydrogen-bond donors (Lipinski definition) is 1. The van der Waals surface area contributed by atoms with E-state index in [1.165, 1.54) is 5.39 Å². The van der Waals surface area contributed by atoms with Gasteiger partial charge in [-0.05, 0) is 53.2 Å². The number of ether oxygens (including phenoxy) is 1. The standard InChI is InChI=1S/C23H19N3O2/c1-27-19-10-7-16(8-11-19)22-25-23-20(12-13-28-23)21(24)26(22)18-9-6-15-4-2-3-5-17(15)14-18/h2-14,21H,24H2,1H3. The van der Waals surface area contributed by atoms with E-state index in [0.29, 0.717) is 5.88 Å². The molecule has 1 aliphatic heterocycles. The Kier molecular flexibility index (Phi) is 3.88. The monoisotopic (exact) mass is 369 g/mol. The number of rotatable bonds is 3. The molecular weight excluding hydrogens is 350 g/mol. The molecule has 0 amide bonds. The van der Waals surface area contributed by atoms with Crippen molar-refractivity contribution >= 4 is 28.2 Å². The smallest absolute Gasteiger partial charge is 0.227 e. The third-order valence-corrected chi connectivity index (χ3v) is 5.07. The highest BCUT2D eigenvalue weighted by Gasteiger charge is 2.31. The zero-order chi connectivity index (χ0) is 19.1. The molecule has 0 radical (unpaired) electrons. The SMILES string of the molecule is COc1ccc(C2=Nc3occc3C(N)N2c2ccc3ccccc3c2)cc1. The molecule has 138 valence electrons. The van der Waals surface area contributed by atoms with E-state index in [2.05, 4.69) is 30.3 Å². The number of furan rings is 1. The predicted octanol–water partition coefficient (Wildman–Crippen LogP) is 5.00. The van der Waals surface area contributed by atoms with Crippen LogP contribution in [0.2, 0.25) is 0 Å². The van der Waals surface area contributed by atoms with Gasteiger partial charge in [0.2, 0.25) is 5.88 Å². The molecule has 0 aliphatic carbocycles. The van der Waals surface area contributed by atoms with Gasteiger partial charge in [0.1, 0.15) is 17.8 Å². The maximum atomic E-state index is 6.66. The number of fused-ring (bicyclic) bond motifs is 2. The van der Waals surface area contributed by atoms with E-state index in [-0.39, 0.29) is 0 Å². The lowest BCUT2D eigenvalue weighted by Gasteiger charge is -2.34. The van der Waals surface area contributed by atoms with Gasteiger partial charge in [0.05, 0.1) is 18.9 Å². The highest BCUT2D eigenvalue weighted by atomic mass is 16.5. The molecule has 1 atom stereocenters. The number of nitrogens with two attached hydrogens (primary N) is 1. The zero-order valence-corrected chi connectivity index (χ0v) is 15.4. The van der Waals surface area contributed by atoms with Crippen LogP contribution in [0.3, 0.4) is 0 Å². The Bertz CT molecular complexity index is 1180. The molecule has 0 saturated carbocycles. The Morgan fingerprint density at radius 2 is 1.75 bits per heavy atom. The van der Waals surface area contributed by atoms with Crippen molar-refractivity contribution in [3.63, 3.8) is 0 Å². The molecule has 0 fully saturated rings. The van der Waals surface area contributed by atoms with Crippen LogP contribution in [-0.4, -0.2) is 12.9 Å². The lowest BCUT2D eigenvalue weighted by atomic mass is 10.0. The van der Waals surface area contributed by atoms with Crippen molar-refractivity contribution < 1.29 is 9.15 Å².